The lowest BCUT2D eigenvalue weighted by Gasteiger charge is -2.32. The molecule has 3 heterocycles. The van der Waals surface area contributed by atoms with Crippen LogP contribution >= 0.6 is 0 Å². The Kier molecular flexibility index (Phi) is 4.64. The van der Waals surface area contributed by atoms with Gasteiger partial charge in [0.1, 0.15) is 6.10 Å². The second-order valence-corrected chi connectivity index (χ2v) is 6.30. The van der Waals surface area contributed by atoms with Gasteiger partial charge >= 0.3 is 6.01 Å². The molecule has 3 aromatic rings. The second kappa shape index (κ2) is 7.39. The first-order valence-corrected chi connectivity index (χ1v) is 8.76. The number of ether oxygens (including phenoxy) is 1. The molecule has 1 aliphatic rings. The molecule has 0 N–H and O–H groups in total. The van der Waals surface area contributed by atoms with Gasteiger partial charge in [-0.05, 0) is 55.3 Å². The highest BCUT2D eigenvalue weighted by molar-refractivity contribution is 5.94. The highest BCUT2D eigenvalue weighted by Crippen LogP contribution is 2.18. The average Bonchev–Trinajstić information content (AvgIpc) is 3.23. The van der Waals surface area contributed by atoms with Gasteiger partial charge in [0.2, 0.25) is 0 Å². The summed E-state index contributed by atoms with van der Waals surface area (Å²) < 4.78 is 7.83. The first kappa shape index (κ1) is 16.3. The van der Waals surface area contributed by atoms with Crippen LogP contribution in [0, 0.1) is 0 Å². The van der Waals surface area contributed by atoms with Crippen molar-refractivity contribution in [3.8, 4) is 11.7 Å². The minimum Gasteiger partial charge on any atom is -0.458 e. The zero-order valence-electron chi connectivity index (χ0n) is 14.4. The number of piperidine rings is 1. The molecule has 0 aliphatic carbocycles. The molecule has 132 valence electrons. The van der Waals surface area contributed by atoms with Gasteiger partial charge in [-0.1, -0.05) is 0 Å². The van der Waals surface area contributed by atoms with Crippen molar-refractivity contribution in [3.63, 3.8) is 0 Å². The number of aromatic nitrogens is 3. The lowest BCUT2D eigenvalue weighted by atomic mass is 10.1. The number of likely N-dealkylation sites (tertiary alicyclic amines) is 1. The average molecular weight is 348 g/mol. The molecule has 1 amide bonds. The van der Waals surface area contributed by atoms with E-state index in [4.69, 9.17) is 4.74 Å². The Morgan fingerprint density at radius 3 is 2.50 bits per heavy atom. The standard InChI is InChI=1S/C20H20N4O2/c25-19(16-6-8-17(9-7-16)23-12-1-2-13-23)24-14-3-5-18(15-24)26-20-21-10-4-11-22-20/h1-2,4,6-13,18H,3,5,14-15H2. The van der Waals surface area contributed by atoms with Crippen LogP contribution in [0.15, 0.2) is 67.3 Å². The Hall–Kier alpha value is -3.15. The number of hydrogen-bond acceptors (Lipinski definition) is 4. The smallest absolute Gasteiger partial charge is 0.316 e. The minimum absolute atomic E-state index is 0.0336. The summed E-state index contributed by atoms with van der Waals surface area (Å²) in [6.45, 7) is 1.30. The predicted molar refractivity (Wildman–Crippen MR) is 97.4 cm³/mol. The minimum atomic E-state index is -0.0748. The van der Waals surface area contributed by atoms with E-state index in [0.717, 1.165) is 25.1 Å². The Balaban J connectivity index is 1.42. The SMILES string of the molecule is O=C(c1ccc(-n2cccc2)cc1)N1CCCC(Oc2ncccn2)C1. The summed E-state index contributed by atoms with van der Waals surface area (Å²) in [5, 5.41) is 0. The molecule has 1 fully saturated rings. The van der Waals surface area contributed by atoms with Gasteiger partial charge in [0.25, 0.3) is 5.91 Å². The van der Waals surface area contributed by atoms with E-state index in [9.17, 15) is 4.79 Å². The first-order chi connectivity index (χ1) is 12.8. The summed E-state index contributed by atoms with van der Waals surface area (Å²) in [6, 6.07) is 13.7. The van der Waals surface area contributed by atoms with Crippen molar-refractivity contribution < 1.29 is 9.53 Å². The number of carbonyl (C=O) groups is 1. The maximum absolute atomic E-state index is 12.8. The van der Waals surface area contributed by atoms with E-state index in [0.29, 0.717) is 18.1 Å². The molecule has 2 aromatic heterocycles. The molecule has 0 spiro atoms. The molecule has 1 aliphatic heterocycles. The zero-order chi connectivity index (χ0) is 17.8. The van der Waals surface area contributed by atoms with Crippen LogP contribution < -0.4 is 4.74 Å². The van der Waals surface area contributed by atoms with Gasteiger partial charge < -0.3 is 14.2 Å². The summed E-state index contributed by atoms with van der Waals surface area (Å²) in [5.41, 5.74) is 1.73. The van der Waals surface area contributed by atoms with Gasteiger partial charge in [0.05, 0.1) is 6.54 Å². The van der Waals surface area contributed by atoms with E-state index in [1.54, 1.807) is 18.5 Å². The molecule has 6 nitrogen and oxygen atoms in total. The summed E-state index contributed by atoms with van der Waals surface area (Å²) in [6.07, 6.45) is 9.00. The molecule has 26 heavy (non-hydrogen) atoms. The third-order valence-electron chi connectivity index (χ3n) is 4.50. The molecule has 1 aromatic carbocycles. The van der Waals surface area contributed by atoms with Gasteiger partial charge in [-0.15, -0.1) is 0 Å². The van der Waals surface area contributed by atoms with Gasteiger partial charge in [0.15, 0.2) is 0 Å². The van der Waals surface area contributed by atoms with Crippen LogP contribution in [-0.2, 0) is 0 Å². The van der Waals surface area contributed by atoms with Gasteiger partial charge in [-0.25, -0.2) is 9.97 Å². The number of benzene rings is 1. The van der Waals surface area contributed by atoms with Crippen LogP contribution in [0.1, 0.15) is 23.2 Å². The Bertz CT molecular complexity index is 847. The Morgan fingerprint density at radius 1 is 1.04 bits per heavy atom. The van der Waals surface area contributed by atoms with Crippen molar-refractivity contribution in [1.29, 1.82) is 0 Å². The molecular formula is C20H20N4O2. The number of carbonyl (C=O) groups excluding carboxylic acids is 1. The van der Waals surface area contributed by atoms with Crippen LogP contribution in [0.5, 0.6) is 6.01 Å². The predicted octanol–water partition coefficient (Wildman–Crippen LogP) is 2.95. The monoisotopic (exact) mass is 348 g/mol. The van der Waals surface area contributed by atoms with Crippen LogP contribution in [0.4, 0.5) is 0 Å². The molecule has 1 unspecified atom stereocenters. The lowest BCUT2D eigenvalue weighted by Crippen LogP contribution is -2.44. The quantitative estimate of drug-likeness (QED) is 0.727. The Morgan fingerprint density at radius 2 is 1.77 bits per heavy atom. The van der Waals surface area contributed by atoms with Crippen molar-refractivity contribution >= 4 is 5.91 Å². The zero-order valence-corrected chi connectivity index (χ0v) is 14.4. The summed E-state index contributed by atoms with van der Waals surface area (Å²) in [4.78, 5) is 22.9. The van der Waals surface area contributed by atoms with Crippen molar-refractivity contribution in [2.24, 2.45) is 0 Å². The molecule has 0 radical (unpaired) electrons. The summed E-state index contributed by atoms with van der Waals surface area (Å²) in [5.74, 6) is 0.0336. The Labute approximate surface area is 152 Å². The van der Waals surface area contributed by atoms with Crippen molar-refractivity contribution in [2.45, 2.75) is 18.9 Å². The number of amides is 1. The third kappa shape index (κ3) is 3.59. The van der Waals surface area contributed by atoms with Crippen LogP contribution in [0.3, 0.4) is 0 Å². The normalized spacial score (nSPS) is 17.1. The van der Waals surface area contributed by atoms with Gasteiger partial charge in [-0.3, -0.25) is 4.79 Å². The van der Waals surface area contributed by atoms with Crippen LogP contribution in [0.25, 0.3) is 5.69 Å². The number of rotatable bonds is 4. The number of hydrogen-bond donors (Lipinski definition) is 0. The highest BCUT2D eigenvalue weighted by Gasteiger charge is 2.26. The van der Waals surface area contributed by atoms with Crippen LogP contribution in [-0.4, -0.2) is 44.5 Å². The summed E-state index contributed by atoms with van der Waals surface area (Å²) in [7, 11) is 0. The van der Waals surface area contributed by atoms with E-state index in [-0.39, 0.29) is 12.0 Å². The topological polar surface area (TPSA) is 60.2 Å². The third-order valence-corrected chi connectivity index (χ3v) is 4.50. The number of nitrogens with zero attached hydrogens (tertiary/aromatic N) is 4. The second-order valence-electron chi connectivity index (χ2n) is 6.30. The molecule has 0 bridgehead atoms. The lowest BCUT2D eigenvalue weighted by molar-refractivity contribution is 0.0516. The molecule has 4 rings (SSSR count). The van der Waals surface area contributed by atoms with Crippen molar-refractivity contribution in [1.82, 2.24) is 19.4 Å². The molecular weight excluding hydrogens is 328 g/mol. The largest absolute Gasteiger partial charge is 0.458 e. The van der Waals surface area contributed by atoms with Crippen LogP contribution in [0.2, 0.25) is 0 Å². The van der Waals surface area contributed by atoms with E-state index in [2.05, 4.69) is 9.97 Å². The first-order valence-electron chi connectivity index (χ1n) is 8.76. The molecule has 0 saturated carbocycles. The molecule has 1 saturated heterocycles. The molecule has 1 atom stereocenters. The van der Waals surface area contributed by atoms with E-state index in [1.807, 2.05) is 58.3 Å². The van der Waals surface area contributed by atoms with E-state index in [1.165, 1.54) is 0 Å². The fourth-order valence-corrected chi connectivity index (χ4v) is 3.18. The molecule has 6 heteroatoms. The fraction of sp³-hybridized carbons (Fsp3) is 0.250. The maximum atomic E-state index is 12.8. The van der Waals surface area contributed by atoms with Crippen molar-refractivity contribution in [2.75, 3.05) is 13.1 Å². The fourth-order valence-electron chi connectivity index (χ4n) is 3.18. The van der Waals surface area contributed by atoms with Gasteiger partial charge in [0, 0.05) is 42.6 Å². The summed E-state index contributed by atoms with van der Waals surface area (Å²) >= 11 is 0. The van der Waals surface area contributed by atoms with Gasteiger partial charge in [-0.2, -0.15) is 0 Å². The highest BCUT2D eigenvalue weighted by atomic mass is 16.5. The van der Waals surface area contributed by atoms with E-state index >= 15 is 0 Å². The maximum Gasteiger partial charge on any atom is 0.316 e. The van der Waals surface area contributed by atoms with E-state index < -0.39 is 0 Å². The van der Waals surface area contributed by atoms with Crippen molar-refractivity contribution in [3.05, 3.63) is 72.8 Å².